The van der Waals surface area contributed by atoms with Crippen molar-refractivity contribution >= 4 is 10.8 Å². The summed E-state index contributed by atoms with van der Waals surface area (Å²) < 4.78 is 0. The molecule has 1 N–H and O–H groups in total. The van der Waals surface area contributed by atoms with E-state index >= 15 is 0 Å². The first-order chi connectivity index (χ1) is 8.34. The van der Waals surface area contributed by atoms with Crippen molar-refractivity contribution in [2.24, 2.45) is 5.92 Å². The van der Waals surface area contributed by atoms with Crippen LogP contribution in [0.4, 0.5) is 0 Å². The Morgan fingerprint density at radius 1 is 1.06 bits per heavy atom. The summed E-state index contributed by atoms with van der Waals surface area (Å²) in [6, 6.07) is 14.5. The van der Waals surface area contributed by atoms with E-state index < -0.39 is 0 Å². The van der Waals surface area contributed by atoms with Crippen LogP contribution < -0.4 is 0 Å². The molecule has 1 unspecified atom stereocenters. The van der Waals surface area contributed by atoms with Crippen LogP contribution in [0.1, 0.15) is 37.4 Å². The van der Waals surface area contributed by atoms with Gasteiger partial charge in [-0.1, -0.05) is 61.7 Å². The van der Waals surface area contributed by atoms with Gasteiger partial charge in [0, 0.05) is 0 Å². The molecule has 0 heterocycles. The first-order valence-electron chi connectivity index (χ1n) is 6.50. The minimum Gasteiger partial charge on any atom is -0.388 e. The summed E-state index contributed by atoms with van der Waals surface area (Å²) >= 11 is 0. The largest absolute Gasteiger partial charge is 0.388 e. The Bertz CT molecular complexity index is 508. The van der Waals surface area contributed by atoms with Crippen LogP contribution in [0.3, 0.4) is 0 Å². The summed E-state index contributed by atoms with van der Waals surface area (Å²) in [6.45, 7) is 0. The molecule has 0 aromatic heterocycles. The fraction of sp³-hybridized carbons (Fsp3) is 0.375. The maximum Gasteiger partial charge on any atom is 0.0798 e. The van der Waals surface area contributed by atoms with E-state index in [-0.39, 0.29) is 6.10 Å². The van der Waals surface area contributed by atoms with Gasteiger partial charge in [0.2, 0.25) is 0 Å². The Hall–Kier alpha value is -1.34. The molecule has 0 aliphatic heterocycles. The van der Waals surface area contributed by atoms with E-state index in [2.05, 4.69) is 24.3 Å². The van der Waals surface area contributed by atoms with E-state index in [0.29, 0.717) is 0 Å². The molecular weight excluding hydrogens is 208 g/mol. The number of rotatable bonds is 3. The van der Waals surface area contributed by atoms with Gasteiger partial charge in [-0.05, 0) is 28.7 Å². The van der Waals surface area contributed by atoms with E-state index in [1.807, 2.05) is 18.2 Å². The van der Waals surface area contributed by atoms with Crippen LogP contribution in [0.25, 0.3) is 10.8 Å². The van der Waals surface area contributed by atoms with Crippen LogP contribution in [-0.4, -0.2) is 5.11 Å². The van der Waals surface area contributed by atoms with Crippen LogP contribution in [0, 0.1) is 5.92 Å². The quantitative estimate of drug-likeness (QED) is 0.836. The van der Waals surface area contributed by atoms with Gasteiger partial charge in [-0.2, -0.15) is 0 Å². The van der Waals surface area contributed by atoms with Crippen molar-refractivity contribution in [3.63, 3.8) is 0 Å². The van der Waals surface area contributed by atoms with E-state index in [9.17, 15) is 5.11 Å². The molecule has 1 fully saturated rings. The van der Waals surface area contributed by atoms with Crippen molar-refractivity contribution in [2.75, 3.05) is 0 Å². The van der Waals surface area contributed by atoms with Gasteiger partial charge >= 0.3 is 0 Å². The number of aliphatic hydroxyl groups is 1. The maximum absolute atomic E-state index is 10.4. The lowest BCUT2D eigenvalue weighted by molar-refractivity contribution is 0.119. The zero-order chi connectivity index (χ0) is 11.7. The Balaban J connectivity index is 1.92. The highest BCUT2D eigenvalue weighted by atomic mass is 16.3. The second-order valence-electron chi connectivity index (χ2n) is 5.12. The van der Waals surface area contributed by atoms with E-state index in [4.69, 9.17) is 0 Å². The molecule has 17 heavy (non-hydrogen) atoms. The minimum atomic E-state index is -0.300. The smallest absolute Gasteiger partial charge is 0.0798 e. The molecule has 0 spiro atoms. The molecule has 0 bridgehead atoms. The summed E-state index contributed by atoms with van der Waals surface area (Å²) in [6.07, 6.45) is 4.55. The van der Waals surface area contributed by atoms with Gasteiger partial charge in [-0.25, -0.2) is 0 Å². The normalized spacial score (nSPS) is 17.9. The Morgan fingerprint density at radius 2 is 1.82 bits per heavy atom. The Kier molecular flexibility index (Phi) is 2.86. The molecule has 0 amide bonds. The zero-order valence-corrected chi connectivity index (χ0v) is 9.97. The monoisotopic (exact) mass is 226 g/mol. The zero-order valence-electron chi connectivity index (χ0n) is 9.97. The second-order valence-corrected chi connectivity index (χ2v) is 5.12. The lowest BCUT2D eigenvalue weighted by Gasteiger charge is -2.28. The average molecular weight is 226 g/mol. The lowest BCUT2D eigenvalue weighted by Crippen LogP contribution is -2.15. The first kappa shape index (κ1) is 10.8. The molecule has 1 heteroatoms. The van der Waals surface area contributed by atoms with Gasteiger partial charge in [-0.3, -0.25) is 0 Å². The number of benzene rings is 2. The number of hydrogen-bond acceptors (Lipinski definition) is 1. The molecule has 2 aromatic carbocycles. The fourth-order valence-corrected chi connectivity index (χ4v) is 2.71. The van der Waals surface area contributed by atoms with Crippen LogP contribution in [-0.2, 0) is 0 Å². The molecule has 1 nitrogen and oxygen atoms in total. The Labute approximate surface area is 102 Å². The highest BCUT2D eigenvalue weighted by Crippen LogP contribution is 2.36. The molecule has 1 atom stereocenters. The van der Waals surface area contributed by atoms with Crippen molar-refractivity contribution in [3.05, 3.63) is 48.0 Å². The summed E-state index contributed by atoms with van der Waals surface area (Å²) in [7, 11) is 0. The summed E-state index contributed by atoms with van der Waals surface area (Å²) in [5.74, 6) is 0.740. The molecule has 88 valence electrons. The van der Waals surface area contributed by atoms with E-state index in [0.717, 1.165) is 17.9 Å². The third-order valence-corrected chi connectivity index (χ3v) is 3.96. The molecule has 1 saturated carbocycles. The Morgan fingerprint density at radius 3 is 2.59 bits per heavy atom. The van der Waals surface area contributed by atoms with Crippen LogP contribution in [0.5, 0.6) is 0 Å². The van der Waals surface area contributed by atoms with Gasteiger partial charge < -0.3 is 5.11 Å². The molecule has 3 rings (SSSR count). The van der Waals surface area contributed by atoms with Crippen molar-refractivity contribution in [2.45, 2.75) is 31.8 Å². The van der Waals surface area contributed by atoms with E-state index in [1.165, 1.54) is 30.0 Å². The highest BCUT2D eigenvalue weighted by Gasteiger charge is 2.22. The maximum atomic E-state index is 10.4. The van der Waals surface area contributed by atoms with Crippen LogP contribution >= 0.6 is 0 Å². The number of aliphatic hydroxyl groups excluding tert-OH is 1. The molecule has 1 aliphatic carbocycles. The standard InChI is InChI=1S/C16H18O/c17-16(11-12-5-3-6-12)15-10-4-8-13-7-1-2-9-14(13)15/h1-2,4,7-10,12,16-17H,3,5-6,11H2. The van der Waals surface area contributed by atoms with Crippen LogP contribution in [0.15, 0.2) is 42.5 Å². The van der Waals surface area contributed by atoms with Gasteiger partial charge in [-0.15, -0.1) is 0 Å². The highest BCUT2D eigenvalue weighted by molar-refractivity contribution is 5.85. The van der Waals surface area contributed by atoms with Crippen molar-refractivity contribution < 1.29 is 5.11 Å². The van der Waals surface area contributed by atoms with Crippen molar-refractivity contribution in [3.8, 4) is 0 Å². The first-order valence-corrected chi connectivity index (χ1v) is 6.50. The lowest BCUT2D eigenvalue weighted by atomic mass is 9.80. The number of hydrogen-bond donors (Lipinski definition) is 1. The second kappa shape index (κ2) is 4.50. The average Bonchev–Trinajstić information content (AvgIpc) is 2.33. The van der Waals surface area contributed by atoms with Crippen LogP contribution in [0.2, 0.25) is 0 Å². The SMILES string of the molecule is OC(CC1CCC1)c1cccc2ccccc12. The molecular formula is C16H18O. The summed E-state index contributed by atoms with van der Waals surface area (Å²) in [5.41, 5.74) is 1.09. The van der Waals surface area contributed by atoms with Gasteiger partial charge in [0.05, 0.1) is 6.10 Å². The molecule has 2 aromatic rings. The minimum absolute atomic E-state index is 0.300. The fourth-order valence-electron chi connectivity index (χ4n) is 2.71. The predicted molar refractivity (Wildman–Crippen MR) is 70.9 cm³/mol. The molecule has 0 radical (unpaired) electrons. The molecule has 1 aliphatic rings. The predicted octanol–water partition coefficient (Wildman–Crippen LogP) is 4.06. The number of fused-ring (bicyclic) bond motifs is 1. The van der Waals surface area contributed by atoms with Crippen molar-refractivity contribution in [1.82, 2.24) is 0 Å². The summed E-state index contributed by atoms with van der Waals surface area (Å²) in [5, 5.41) is 12.8. The van der Waals surface area contributed by atoms with Crippen molar-refractivity contribution in [1.29, 1.82) is 0 Å². The third kappa shape index (κ3) is 2.07. The third-order valence-electron chi connectivity index (χ3n) is 3.96. The van der Waals surface area contributed by atoms with Gasteiger partial charge in [0.15, 0.2) is 0 Å². The van der Waals surface area contributed by atoms with E-state index in [1.54, 1.807) is 0 Å². The topological polar surface area (TPSA) is 20.2 Å². The summed E-state index contributed by atoms with van der Waals surface area (Å²) in [4.78, 5) is 0. The van der Waals surface area contributed by atoms with Gasteiger partial charge in [0.1, 0.15) is 0 Å². The molecule has 0 saturated heterocycles. The van der Waals surface area contributed by atoms with Gasteiger partial charge in [0.25, 0.3) is 0 Å².